The molecule has 0 radical (unpaired) electrons. The highest BCUT2D eigenvalue weighted by atomic mass is 16.5. The van der Waals surface area contributed by atoms with Crippen molar-refractivity contribution in [3.05, 3.63) is 23.7 Å². The van der Waals surface area contributed by atoms with E-state index < -0.39 is 0 Å². The molecule has 17 heavy (non-hydrogen) atoms. The summed E-state index contributed by atoms with van der Waals surface area (Å²) in [6.45, 7) is 4.35. The highest BCUT2D eigenvalue weighted by Gasteiger charge is 2.15. The Balaban J connectivity index is 2.21. The number of nitriles is 1. The predicted molar refractivity (Wildman–Crippen MR) is 58.8 cm³/mol. The molecule has 0 fully saturated rings. The van der Waals surface area contributed by atoms with Crippen LogP contribution in [0.2, 0.25) is 0 Å². The zero-order valence-electron chi connectivity index (χ0n) is 9.60. The number of hydrogen-bond donors (Lipinski definition) is 1. The molecule has 2 aromatic heterocycles. The second kappa shape index (κ2) is 4.80. The molecule has 0 bridgehead atoms. The van der Waals surface area contributed by atoms with E-state index >= 15 is 0 Å². The standard InChI is InChI=1S/C11H12N4O2/c1-3-16-7(2)10-14-11(17-15-10)9-5-4-8(6-12)13-9/h4-5,7,13H,3H2,1-2H3. The van der Waals surface area contributed by atoms with Gasteiger partial charge in [-0.15, -0.1) is 0 Å². The van der Waals surface area contributed by atoms with Gasteiger partial charge in [-0.2, -0.15) is 10.2 Å². The molecule has 0 aromatic carbocycles. The SMILES string of the molecule is CCOC(C)c1noc(-c2ccc(C#N)[nH]2)n1. The van der Waals surface area contributed by atoms with Crippen LogP contribution in [0.4, 0.5) is 0 Å². The first-order valence-electron chi connectivity index (χ1n) is 5.29. The van der Waals surface area contributed by atoms with Gasteiger partial charge in [0.15, 0.2) is 0 Å². The Kier molecular flexibility index (Phi) is 3.21. The molecular weight excluding hydrogens is 220 g/mol. The summed E-state index contributed by atoms with van der Waals surface area (Å²) in [7, 11) is 0. The van der Waals surface area contributed by atoms with Crippen molar-refractivity contribution < 1.29 is 9.26 Å². The molecule has 1 N–H and O–H groups in total. The average Bonchev–Trinajstić information content (AvgIpc) is 2.98. The molecule has 0 spiro atoms. The van der Waals surface area contributed by atoms with Gasteiger partial charge in [-0.05, 0) is 26.0 Å². The maximum absolute atomic E-state index is 8.69. The molecule has 1 unspecified atom stereocenters. The zero-order valence-corrected chi connectivity index (χ0v) is 9.60. The molecule has 0 aliphatic carbocycles. The molecule has 6 nitrogen and oxygen atoms in total. The second-order valence-electron chi connectivity index (χ2n) is 3.45. The van der Waals surface area contributed by atoms with Crippen molar-refractivity contribution in [3.8, 4) is 17.7 Å². The van der Waals surface area contributed by atoms with Gasteiger partial charge in [-0.25, -0.2) is 0 Å². The summed E-state index contributed by atoms with van der Waals surface area (Å²) < 4.78 is 10.5. The van der Waals surface area contributed by atoms with Crippen molar-refractivity contribution in [1.29, 1.82) is 5.26 Å². The smallest absolute Gasteiger partial charge is 0.274 e. The number of ether oxygens (including phenoxy) is 1. The van der Waals surface area contributed by atoms with Crippen molar-refractivity contribution in [2.75, 3.05) is 6.61 Å². The number of hydrogen-bond acceptors (Lipinski definition) is 5. The van der Waals surface area contributed by atoms with Crippen LogP contribution in [0.3, 0.4) is 0 Å². The van der Waals surface area contributed by atoms with Crippen LogP contribution in [0.15, 0.2) is 16.7 Å². The summed E-state index contributed by atoms with van der Waals surface area (Å²) in [5, 5.41) is 12.5. The lowest BCUT2D eigenvalue weighted by Crippen LogP contribution is -2.01. The number of aromatic nitrogens is 3. The van der Waals surface area contributed by atoms with Crippen molar-refractivity contribution in [2.45, 2.75) is 20.0 Å². The van der Waals surface area contributed by atoms with Gasteiger partial charge < -0.3 is 14.2 Å². The summed E-state index contributed by atoms with van der Waals surface area (Å²) in [5.41, 5.74) is 1.08. The average molecular weight is 232 g/mol. The molecule has 2 heterocycles. The van der Waals surface area contributed by atoms with E-state index in [0.29, 0.717) is 29.7 Å². The number of nitrogens with one attached hydrogen (secondary N) is 1. The summed E-state index contributed by atoms with van der Waals surface area (Å²) in [6.07, 6.45) is -0.206. The van der Waals surface area contributed by atoms with Crippen molar-refractivity contribution in [2.24, 2.45) is 0 Å². The lowest BCUT2D eigenvalue weighted by molar-refractivity contribution is 0.0683. The molecule has 2 aromatic rings. The topological polar surface area (TPSA) is 87.7 Å². The largest absolute Gasteiger partial charge is 0.371 e. The van der Waals surface area contributed by atoms with Gasteiger partial charge in [0.1, 0.15) is 23.6 Å². The summed E-state index contributed by atoms with van der Waals surface area (Å²) in [4.78, 5) is 7.07. The molecule has 0 saturated heterocycles. The van der Waals surface area contributed by atoms with Crippen LogP contribution in [0.25, 0.3) is 11.6 Å². The fourth-order valence-corrected chi connectivity index (χ4v) is 1.42. The fourth-order valence-electron chi connectivity index (χ4n) is 1.42. The third-order valence-electron chi connectivity index (χ3n) is 2.26. The number of aromatic amines is 1. The minimum absolute atomic E-state index is 0.206. The first kappa shape index (κ1) is 11.4. The van der Waals surface area contributed by atoms with Crippen LogP contribution < -0.4 is 0 Å². The van der Waals surface area contributed by atoms with E-state index in [-0.39, 0.29) is 6.10 Å². The van der Waals surface area contributed by atoms with Crippen LogP contribution in [0.5, 0.6) is 0 Å². The van der Waals surface area contributed by atoms with Crippen molar-refractivity contribution in [1.82, 2.24) is 15.1 Å². The van der Waals surface area contributed by atoms with Crippen LogP contribution in [0.1, 0.15) is 31.5 Å². The molecular formula is C11H12N4O2. The van der Waals surface area contributed by atoms with Crippen LogP contribution in [-0.2, 0) is 4.74 Å². The van der Waals surface area contributed by atoms with Gasteiger partial charge in [0.05, 0.1) is 0 Å². The molecule has 6 heteroatoms. The van der Waals surface area contributed by atoms with Crippen LogP contribution >= 0.6 is 0 Å². The van der Waals surface area contributed by atoms with Gasteiger partial charge in [-0.3, -0.25) is 0 Å². The van der Waals surface area contributed by atoms with Crippen molar-refractivity contribution in [3.63, 3.8) is 0 Å². The normalized spacial score (nSPS) is 12.3. The Bertz CT molecular complexity index is 538. The lowest BCUT2D eigenvalue weighted by atomic mass is 10.4. The third kappa shape index (κ3) is 2.34. The van der Waals surface area contributed by atoms with E-state index in [2.05, 4.69) is 15.1 Å². The minimum atomic E-state index is -0.206. The number of rotatable bonds is 4. The van der Waals surface area contributed by atoms with E-state index in [1.54, 1.807) is 12.1 Å². The zero-order chi connectivity index (χ0) is 12.3. The van der Waals surface area contributed by atoms with Crippen LogP contribution in [-0.4, -0.2) is 21.7 Å². The van der Waals surface area contributed by atoms with E-state index in [9.17, 15) is 0 Å². The molecule has 0 aliphatic heterocycles. The molecule has 2 rings (SSSR count). The van der Waals surface area contributed by atoms with Gasteiger partial charge in [0, 0.05) is 6.61 Å². The predicted octanol–water partition coefficient (Wildman–Crippen LogP) is 2.03. The maximum atomic E-state index is 8.69. The quantitative estimate of drug-likeness (QED) is 0.871. The number of nitrogens with zero attached hydrogens (tertiary/aromatic N) is 3. The first-order chi connectivity index (χ1) is 8.24. The minimum Gasteiger partial charge on any atom is -0.371 e. The Labute approximate surface area is 98.2 Å². The molecule has 0 aliphatic rings. The summed E-state index contributed by atoms with van der Waals surface area (Å²) in [6, 6.07) is 5.38. The third-order valence-corrected chi connectivity index (χ3v) is 2.26. The van der Waals surface area contributed by atoms with Gasteiger partial charge in [-0.1, -0.05) is 5.16 Å². The van der Waals surface area contributed by atoms with E-state index in [1.807, 2.05) is 19.9 Å². The molecule has 0 amide bonds. The van der Waals surface area contributed by atoms with E-state index in [1.165, 1.54) is 0 Å². The summed E-state index contributed by atoms with van der Waals surface area (Å²) in [5.74, 6) is 0.850. The first-order valence-corrected chi connectivity index (χ1v) is 5.29. The lowest BCUT2D eigenvalue weighted by Gasteiger charge is -2.04. The van der Waals surface area contributed by atoms with E-state index in [0.717, 1.165) is 0 Å². The highest BCUT2D eigenvalue weighted by molar-refractivity contribution is 5.49. The second-order valence-corrected chi connectivity index (χ2v) is 3.45. The number of H-pyrrole nitrogens is 1. The Morgan fingerprint density at radius 3 is 3.06 bits per heavy atom. The molecule has 0 saturated carbocycles. The molecule has 1 atom stereocenters. The monoisotopic (exact) mass is 232 g/mol. The Morgan fingerprint density at radius 2 is 2.41 bits per heavy atom. The van der Waals surface area contributed by atoms with Gasteiger partial charge in [0.2, 0.25) is 5.82 Å². The summed E-state index contributed by atoms with van der Waals surface area (Å²) >= 11 is 0. The van der Waals surface area contributed by atoms with Crippen molar-refractivity contribution >= 4 is 0 Å². The van der Waals surface area contributed by atoms with Gasteiger partial charge >= 0.3 is 0 Å². The Hall–Kier alpha value is -2.13. The Morgan fingerprint density at radius 1 is 1.59 bits per heavy atom. The molecule has 88 valence electrons. The van der Waals surface area contributed by atoms with E-state index in [4.69, 9.17) is 14.5 Å². The maximum Gasteiger partial charge on any atom is 0.274 e. The fraction of sp³-hybridized carbons (Fsp3) is 0.364. The van der Waals surface area contributed by atoms with Gasteiger partial charge in [0.25, 0.3) is 5.89 Å². The van der Waals surface area contributed by atoms with Crippen LogP contribution in [0, 0.1) is 11.3 Å². The highest BCUT2D eigenvalue weighted by Crippen LogP contribution is 2.19.